The summed E-state index contributed by atoms with van der Waals surface area (Å²) in [7, 11) is 1.67. The van der Waals surface area contributed by atoms with E-state index in [2.05, 4.69) is 0 Å². The molecule has 0 aliphatic carbocycles. The zero-order valence-corrected chi connectivity index (χ0v) is 11.9. The highest BCUT2D eigenvalue weighted by atomic mass is 16.5. The number of methoxy groups -OCH3 is 1. The van der Waals surface area contributed by atoms with Gasteiger partial charge in [0.05, 0.1) is 12.2 Å². The first-order valence-electron chi connectivity index (χ1n) is 7.05. The zero-order chi connectivity index (χ0) is 13.5. The summed E-state index contributed by atoms with van der Waals surface area (Å²) in [6.07, 6.45) is 5.09. The van der Waals surface area contributed by atoms with Gasteiger partial charge in [-0.25, -0.2) is 0 Å². The van der Waals surface area contributed by atoms with E-state index in [1.165, 1.54) is 0 Å². The number of hydrogen-bond acceptors (Lipinski definition) is 3. The van der Waals surface area contributed by atoms with E-state index < -0.39 is 0 Å². The van der Waals surface area contributed by atoms with Crippen LogP contribution < -0.4 is 0 Å². The third-order valence-electron chi connectivity index (χ3n) is 3.73. The van der Waals surface area contributed by atoms with E-state index in [1.807, 2.05) is 11.8 Å². The third-order valence-corrected chi connectivity index (χ3v) is 3.73. The molecule has 0 aromatic carbocycles. The topological polar surface area (TPSA) is 49.8 Å². The quantitative estimate of drug-likeness (QED) is 0.791. The molecular formula is C14H27NO3. The molecule has 4 nitrogen and oxygen atoms in total. The summed E-state index contributed by atoms with van der Waals surface area (Å²) in [6.45, 7) is 4.62. The van der Waals surface area contributed by atoms with Gasteiger partial charge >= 0.3 is 0 Å². The summed E-state index contributed by atoms with van der Waals surface area (Å²) in [5.41, 5.74) is 0. The molecule has 0 aromatic heterocycles. The van der Waals surface area contributed by atoms with Crippen LogP contribution in [0.1, 0.15) is 52.4 Å². The van der Waals surface area contributed by atoms with E-state index in [1.54, 1.807) is 14.0 Å². The highest BCUT2D eigenvalue weighted by Crippen LogP contribution is 2.22. The minimum absolute atomic E-state index is 0.133. The van der Waals surface area contributed by atoms with Crippen molar-refractivity contribution in [2.75, 3.05) is 13.7 Å². The molecule has 1 aliphatic heterocycles. The van der Waals surface area contributed by atoms with Crippen LogP contribution in [0.3, 0.4) is 0 Å². The Balaban J connectivity index is 2.46. The average molecular weight is 257 g/mol. The molecule has 0 saturated carbocycles. The maximum Gasteiger partial charge on any atom is 0.222 e. The van der Waals surface area contributed by atoms with Gasteiger partial charge in [0.15, 0.2) is 0 Å². The second-order valence-electron chi connectivity index (χ2n) is 5.41. The van der Waals surface area contributed by atoms with Crippen LogP contribution in [0.4, 0.5) is 0 Å². The minimum Gasteiger partial charge on any atom is -0.393 e. The van der Waals surface area contributed by atoms with Gasteiger partial charge in [0.2, 0.25) is 5.91 Å². The van der Waals surface area contributed by atoms with Crippen molar-refractivity contribution >= 4 is 5.91 Å². The lowest BCUT2D eigenvalue weighted by molar-refractivity contribution is -0.136. The fraction of sp³-hybridized carbons (Fsp3) is 0.929. The standard InChI is InChI=1S/C14H27NO3/c1-11(16)10-13-6-4-5-9-15(13)14(17)8-7-12(2)18-3/h11-13,16H,4-10H2,1-3H3. The maximum atomic E-state index is 12.2. The first kappa shape index (κ1) is 15.4. The van der Waals surface area contributed by atoms with Gasteiger partial charge in [0, 0.05) is 26.1 Å². The molecule has 0 aromatic rings. The van der Waals surface area contributed by atoms with Gasteiger partial charge in [-0.1, -0.05) is 0 Å². The zero-order valence-electron chi connectivity index (χ0n) is 11.9. The summed E-state index contributed by atoms with van der Waals surface area (Å²) >= 11 is 0. The summed E-state index contributed by atoms with van der Waals surface area (Å²) in [4.78, 5) is 14.2. The molecule has 0 spiro atoms. The van der Waals surface area contributed by atoms with Gasteiger partial charge in [-0.05, 0) is 46.0 Å². The van der Waals surface area contributed by atoms with E-state index in [4.69, 9.17) is 4.74 Å². The number of amides is 1. The molecule has 1 heterocycles. The normalized spacial score (nSPS) is 23.8. The van der Waals surface area contributed by atoms with Gasteiger partial charge in [-0.15, -0.1) is 0 Å². The van der Waals surface area contributed by atoms with Crippen molar-refractivity contribution in [1.82, 2.24) is 4.90 Å². The highest BCUT2D eigenvalue weighted by molar-refractivity contribution is 5.76. The number of aliphatic hydroxyl groups excluding tert-OH is 1. The second-order valence-corrected chi connectivity index (χ2v) is 5.41. The Hall–Kier alpha value is -0.610. The Bertz CT molecular complexity index is 255. The van der Waals surface area contributed by atoms with Crippen molar-refractivity contribution in [3.05, 3.63) is 0 Å². The van der Waals surface area contributed by atoms with Gasteiger partial charge in [-0.3, -0.25) is 4.79 Å². The van der Waals surface area contributed by atoms with Gasteiger partial charge in [-0.2, -0.15) is 0 Å². The van der Waals surface area contributed by atoms with E-state index in [-0.39, 0.29) is 24.2 Å². The molecular weight excluding hydrogens is 230 g/mol. The first-order valence-corrected chi connectivity index (χ1v) is 7.05. The van der Waals surface area contributed by atoms with E-state index in [0.29, 0.717) is 12.8 Å². The molecule has 1 saturated heterocycles. The summed E-state index contributed by atoms with van der Waals surface area (Å²) in [5, 5.41) is 9.50. The number of likely N-dealkylation sites (tertiary alicyclic amines) is 1. The van der Waals surface area contributed by atoms with Crippen molar-refractivity contribution in [2.45, 2.75) is 70.6 Å². The van der Waals surface area contributed by atoms with Crippen LogP contribution in [0.2, 0.25) is 0 Å². The first-order chi connectivity index (χ1) is 8.54. The average Bonchev–Trinajstić information content (AvgIpc) is 2.35. The number of carbonyl (C=O) groups is 1. The number of nitrogens with zero attached hydrogens (tertiary/aromatic N) is 1. The molecule has 1 N–H and O–H groups in total. The number of ether oxygens (including phenoxy) is 1. The van der Waals surface area contributed by atoms with Crippen LogP contribution >= 0.6 is 0 Å². The van der Waals surface area contributed by atoms with Gasteiger partial charge in [0.25, 0.3) is 0 Å². The molecule has 1 rings (SSSR count). The Morgan fingerprint density at radius 3 is 2.78 bits per heavy atom. The van der Waals surface area contributed by atoms with Crippen molar-refractivity contribution in [3.8, 4) is 0 Å². The van der Waals surface area contributed by atoms with Gasteiger partial charge in [0.1, 0.15) is 0 Å². The number of aliphatic hydroxyl groups is 1. The molecule has 3 atom stereocenters. The third kappa shape index (κ3) is 4.94. The Morgan fingerprint density at radius 2 is 2.17 bits per heavy atom. The molecule has 4 heteroatoms. The van der Waals surface area contributed by atoms with Crippen molar-refractivity contribution < 1.29 is 14.6 Å². The van der Waals surface area contributed by atoms with Crippen LogP contribution in [0.5, 0.6) is 0 Å². The summed E-state index contributed by atoms with van der Waals surface area (Å²) in [5.74, 6) is 0.212. The number of hydrogen-bond donors (Lipinski definition) is 1. The highest BCUT2D eigenvalue weighted by Gasteiger charge is 2.27. The van der Waals surface area contributed by atoms with Crippen molar-refractivity contribution in [3.63, 3.8) is 0 Å². The molecule has 18 heavy (non-hydrogen) atoms. The lowest BCUT2D eigenvalue weighted by Gasteiger charge is -2.36. The SMILES string of the molecule is COC(C)CCC(=O)N1CCCCC1CC(C)O. The lowest BCUT2D eigenvalue weighted by Crippen LogP contribution is -2.45. The fourth-order valence-corrected chi connectivity index (χ4v) is 2.56. The Labute approximate surface area is 110 Å². The molecule has 1 amide bonds. The maximum absolute atomic E-state index is 12.2. The largest absolute Gasteiger partial charge is 0.393 e. The molecule has 0 bridgehead atoms. The predicted octanol–water partition coefficient (Wildman–Crippen LogP) is 1.95. The van der Waals surface area contributed by atoms with E-state index >= 15 is 0 Å². The van der Waals surface area contributed by atoms with Crippen LogP contribution in [0, 0.1) is 0 Å². The van der Waals surface area contributed by atoms with Crippen LogP contribution in [0.25, 0.3) is 0 Å². The lowest BCUT2D eigenvalue weighted by atomic mass is 9.96. The molecule has 1 fully saturated rings. The molecule has 3 unspecified atom stereocenters. The second kappa shape index (κ2) is 7.74. The smallest absolute Gasteiger partial charge is 0.222 e. The van der Waals surface area contributed by atoms with Crippen LogP contribution in [-0.2, 0) is 9.53 Å². The van der Waals surface area contributed by atoms with Crippen LogP contribution in [-0.4, -0.2) is 47.8 Å². The van der Waals surface area contributed by atoms with E-state index in [9.17, 15) is 9.90 Å². The monoisotopic (exact) mass is 257 g/mol. The van der Waals surface area contributed by atoms with Crippen molar-refractivity contribution in [2.24, 2.45) is 0 Å². The Kier molecular flexibility index (Phi) is 6.65. The van der Waals surface area contributed by atoms with Crippen molar-refractivity contribution in [1.29, 1.82) is 0 Å². The number of carbonyl (C=O) groups excluding carboxylic acids is 1. The summed E-state index contributed by atoms with van der Waals surface area (Å²) < 4.78 is 5.17. The Morgan fingerprint density at radius 1 is 1.44 bits per heavy atom. The predicted molar refractivity (Wildman–Crippen MR) is 71.4 cm³/mol. The number of rotatable bonds is 6. The minimum atomic E-state index is -0.332. The summed E-state index contributed by atoms with van der Waals surface area (Å²) in [6, 6.07) is 0.226. The number of piperidine rings is 1. The molecule has 106 valence electrons. The van der Waals surface area contributed by atoms with Crippen LogP contribution in [0.15, 0.2) is 0 Å². The molecule has 1 aliphatic rings. The fourth-order valence-electron chi connectivity index (χ4n) is 2.56. The molecule has 0 radical (unpaired) electrons. The van der Waals surface area contributed by atoms with Gasteiger partial charge < -0.3 is 14.7 Å². The van der Waals surface area contributed by atoms with E-state index in [0.717, 1.165) is 32.2 Å².